The van der Waals surface area contributed by atoms with E-state index in [0.717, 1.165) is 10.4 Å². The molecule has 0 amide bonds. The van der Waals surface area contributed by atoms with Gasteiger partial charge in [-0.25, -0.2) is 0 Å². The van der Waals surface area contributed by atoms with E-state index in [0.29, 0.717) is 6.42 Å². The molecule has 0 spiro atoms. The van der Waals surface area contributed by atoms with Crippen LogP contribution in [-0.4, -0.2) is 15.6 Å². The number of rotatable bonds is 4. The minimum atomic E-state index is -0.573. The number of aromatic nitrogens is 2. The molecule has 0 aliphatic rings. The summed E-state index contributed by atoms with van der Waals surface area (Å²) in [6, 6.07) is 3.30. The minimum Gasteiger partial charge on any atom is -0.318 e. The molecule has 0 saturated heterocycles. The van der Waals surface area contributed by atoms with Crippen LogP contribution in [0.1, 0.15) is 16.5 Å². The zero-order valence-corrected chi connectivity index (χ0v) is 9.78. The highest BCUT2D eigenvalue weighted by molar-refractivity contribution is 7.10. The molecule has 2 rings (SSSR count). The van der Waals surface area contributed by atoms with Crippen molar-refractivity contribution in [3.05, 3.63) is 40.3 Å². The summed E-state index contributed by atoms with van der Waals surface area (Å²) in [5.74, 6) is 0.0236. The van der Waals surface area contributed by atoms with Gasteiger partial charge in [-0.3, -0.25) is 9.48 Å². The number of Topliss-reactive ketones (excluding diaryl/α,β-unsaturated/α-hetero) is 1. The Labute approximate surface area is 97.7 Å². The molecular formula is C11H13N3OS. The highest BCUT2D eigenvalue weighted by Gasteiger charge is 2.17. The van der Waals surface area contributed by atoms with Gasteiger partial charge in [0, 0.05) is 30.1 Å². The van der Waals surface area contributed by atoms with Crippen LogP contribution in [0.2, 0.25) is 0 Å². The van der Waals surface area contributed by atoms with Crippen LogP contribution < -0.4 is 5.73 Å². The summed E-state index contributed by atoms with van der Waals surface area (Å²) in [5.41, 5.74) is 6.64. The van der Waals surface area contributed by atoms with Crippen molar-refractivity contribution in [1.82, 2.24) is 9.78 Å². The van der Waals surface area contributed by atoms with Crippen molar-refractivity contribution in [2.75, 3.05) is 0 Å². The van der Waals surface area contributed by atoms with Gasteiger partial charge in [-0.1, -0.05) is 6.07 Å². The largest absolute Gasteiger partial charge is 0.318 e. The van der Waals surface area contributed by atoms with Gasteiger partial charge in [0.25, 0.3) is 0 Å². The van der Waals surface area contributed by atoms with Crippen molar-refractivity contribution in [3.8, 4) is 0 Å². The Morgan fingerprint density at radius 3 is 3.06 bits per heavy atom. The number of hydrogen-bond donors (Lipinski definition) is 1. The molecule has 1 atom stereocenters. The predicted molar refractivity (Wildman–Crippen MR) is 63.2 cm³/mol. The second kappa shape index (κ2) is 4.59. The average Bonchev–Trinajstić information content (AvgIpc) is 2.88. The first kappa shape index (κ1) is 11.0. The van der Waals surface area contributed by atoms with Gasteiger partial charge in [-0.15, -0.1) is 11.3 Å². The summed E-state index contributed by atoms with van der Waals surface area (Å²) in [6.07, 6.45) is 3.81. The van der Waals surface area contributed by atoms with Gasteiger partial charge in [0.15, 0.2) is 5.78 Å². The molecule has 2 heterocycles. The molecule has 2 aromatic rings. The lowest BCUT2D eigenvalue weighted by molar-refractivity contribution is -0.119. The van der Waals surface area contributed by atoms with Crippen molar-refractivity contribution in [3.63, 3.8) is 0 Å². The van der Waals surface area contributed by atoms with Gasteiger partial charge in [0.1, 0.15) is 0 Å². The summed E-state index contributed by atoms with van der Waals surface area (Å²) in [4.78, 5) is 12.9. The van der Waals surface area contributed by atoms with Gasteiger partial charge in [-0.2, -0.15) is 5.10 Å². The smallest absolute Gasteiger partial charge is 0.159 e. The van der Waals surface area contributed by atoms with Crippen LogP contribution in [0.5, 0.6) is 0 Å². The topological polar surface area (TPSA) is 60.9 Å². The molecule has 4 nitrogen and oxygen atoms in total. The van der Waals surface area contributed by atoms with E-state index in [-0.39, 0.29) is 5.78 Å². The third-order valence-corrected chi connectivity index (χ3v) is 3.24. The highest BCUT2D eigenvalue weighted by Crippen LogP contribution is 2.15. The SMILES string of the molecule is Cn1cc(C(N)C(=O)Cc2cccs2)cn1. The average molecular weight is 235 g/mol. The highest BCUT2D eigenvalue weighted by atomic mass is 32.1. The molecular weight excluding hydrogens is 222 g/mol. The lowest BCUT2D eigenvalue weighted by Gasteiger charge is -2.06. The number of thiophene rings is 1. The van der Waals surface area contributed by atoms with Crippen LogP contribution in [-0.2, 0) is 18.3 Å². The Hall–Kier alpha value is -1.46. The molecule has 0 fully saturated rings. The molecule has 1 unspecified atom stereocenters. The molecule has 2 N–H and O–H groups in total. The minimum absolute atomic E-state index is 0.0236. The molecule has 16 heavy (non-hydrogen) atoms. The predicted octanol–water partition coefficient (Wildman–Crippen LogP) is 1.29. The van der Waals surface area contributed by atoms with Crippen LogP contribution >= 0.6 is 11.3 Å². The Kier molecular flexibility index (Phi) is 3.17. The van der Waals surface area contributed by atoms with Gasteiger partial charge < -0.3 is 5.73 Å². The van der Waals surface area contributed by atoms with Gasteiger partial charge in [-0.05, 0) is 11.4 Å². The summed E-state index contributed by atoms with van der Waals surface area (Å²) in [5, 5.41) is 5.96. The number of nitrogens with zero attached hydrogens (tertiary/aromatic N) is 2. The lowest BCUT2D eigenvalue weighted by Crippen LogP contribution is -2.22. The van der Waals surface area contributed by atoms with Crippen LogP contribution in [0, 0.1) is 0 Å². The first-order valence-electron chi connectivity index (χ1n) is 4.96. The van der Waals surface area contributed by atoms with Gasteiger partial charge in [0.05, 0.1) is 12.2 Å². The summed E-state index contributed by atoms with van der Waals surface area (Å²) < 4.78 is 1.65. The van der Waals surface area contributed by atoms with E-state index >= 15 is 0 Å². The third-order valence-electron chi connectivity index (χ3n) is 2.36. The Morgan fingerprint density at radius 1 is 1.69 bits per heavy atom. The number of carbonyl (C=O) groups excluding carboxylic acids is 1. The zero-order chi connectivity index (χ0) is 11.5. The fourth-order valence-corrected chi connectivity index (χ4v) is 2.20. The molecule has 0 aliphatic heterocycles. The fourth-order valence-electron chi connectivity index (χ4n) is 1.48. The monoisotopic (exact) mass is 235 g/mol. The maximum atomic E-state index is 11.9. The molecule has 0 aliphatic carbocycles. The molecule has 2 aromatic heterocycles. The van der Waals surface area contributed by atoms with Crippen LogP contribution in [0.4, 0.5) is 0 Å². The molecule has 0 radical (unpaired) electrons. The van der Waals surface area contributed by atoms with Crippen LogP contribution in [0.15, 0.2) is 29.9 Å². The van der Waals surface area contributed by atoms with Crippen molar-refractivity contribution < 1.29 is 4.79 Å². The summed E-state index contributed by atoms with van der Waals surface area (Å²) >= 11 is 1.57. The van der Waals surface area contributed by atoms with Crippen molar-refractivity contribution in [2.45, 2.75) is 12.5 Å². The van der Waals surface area contributed by atoms with Crippen molar-refractivity contribution in [2.24, 2.45) is 12.8 Å². The quantitative estimate of drug-likeness (QED) is 0.868. The molecule has 84 valence electrons. The normalized spacial score (nSPS) is 12.6. The molecule has 0 saturated carbocycles. The Morgan fingerprint density at radius 2 is 2.50 bits per heavy atom. The number of ketones is 1. The van der Waals surface area contributed by atoms with E-state index in [1.807, 2.05) is 17.5 Å². The van der Waals surface area contributed by atoms with Crippen molar-refractivity contribution in [1.29, 1.82) is 0 Å². The van der Waals surface area contributed by atoms with E-state index in [1.54, 1.807) is 35.5 Å². The van der Waals surface area contributed by atoms with Crippen molar-refractivity contribution >= 4 is 17.1 Å². The number of carbonyl (C=O) groups is 1. The van der Waals surface area contributed by atoms with Gasteiger partial charge >= 0.3 is 0 Å². The second-order valence-corrected chi connectivity index (χ2v) is 4.68. The number of aryl methyl sites for hydroxylation is 1. The van der Waals surface area contributed by atoms with E-state index in [2.05, 4.69) is 5.10 Å². The fraction of sp³-hybridized carbons (Fsp3) is 0.273. The van der Waals surface area contributed by atoms with E-state index < -0.39 is 6.04 Å². The Balaban J connectivity index is 2.05. The summed E-state index contributed by atoms with van der Waals surface area (Å²) in [7, 11) is 1.81. The number of nitrogens with two attached hydrogens (primary N) is 1. The van der Waals surface area contributed by atoms with E-state index in [9.17, 15) is 4.79 Å². The van der Waals surface area contributed by atoms with E-state index in [1.165, 1.54) is 0 Å². The first-order chi connectivity index (χ1) is 7.66. The molecule has 5 heteroatoms. The zero-order valence-electron chi connectivity index (χ0n) is 8.96. The first-order valence-corrected chi connectivity index (χ1v) is 5.84. The summed E-state index contributed by atoms with van der Waals surface area (Å²) in [6.45, 7) is 0. The maximum Gasteiger partial charge on any atom is 0.159 e. The molecule has 0 aromatic carbocycles. The second-order valence-electron chi connectivity index (χ2n) is 3.65. The van der Waals surface area contributed by atoms with Crippen LogP contribution in [0.25, 0.3) is 0 Å². The van der Waals surface area contributed by atoms with Crippen LogP contribution in [0.3, 0.4) is 0 Å². The Bertz CT molecular complexity index is 475. The lowest BCUT2D eigenvalue weighted by atomic mass is 10.0. The van der Waals surface area contributed by atoms with E-state index in [4.69, 9.17) is 5.73 Å². The maximum absolute atomic E-state index is 11.9. The third kappa shape index (κ3) is 2.37. The standard InChI is InChI=1S/C11H13N3OS/c1-14-7-8(6-13-14)11(12)10(15)5-9-3-2-4-16-9/h2-4,6-7,11H,5,12H2,1H3. The molecule has 0 bridgehead atoms. The van der Waals surface area contributed by atoms with Gasteiger partial charge in [0.2, 0.25) is 0 Å². The number of hydrogen-bond acceptors (Lipinski definition) is 4.